The summed E-state index contributed by atoms with van der Waals surface area (Å²) in [6, 6.07) is 7.23. The van der Waals surface area contributed by atoms with Crippen molar-refractivity contribution < 1.29 is 14.6 Å². The van der Waals surface area contributed by atoms with Gasteiger partial charge in [-0.15, -0.1) is 0 Å². The molecule has 1 atom stereocenters. The van der Waals surface area contributed by atoms with Gasteiger partial charge in [-0.2, -0.15) is 0 Å². The number of hydrogen-bond acceptors (Lipinski definition) is 3. The minimum absolute atomic E-state index is 0.0213. The zero-order chi connectivity index (χ0) is 14.6. The largest absolute Gasteiger partial charge is 0.494 e. The summed E-state index contributed by atoms with van der Waals surface area (Å²) < 4.78 is 5.50. The maximum atomic E-state index is 12.4. The van der Waals surface area contributed by atoms with Gasteiger partial charge in [0.2, 0.25) is 0 Å². The van der Waals surface area contributed by atoms with Crippen molar-refractivity contribution in [1.29, 1.82) is 0 Å². The van der Waals surface area contributed by atoms with Crippen molar-refractivity contribution in [2.45, 2.75) is 38.7 Å². The average Bonchev–Trinajstić information content (AvgIpc) is 2.44. The number of rotatable bonds is 4. The molecule has 0 radical (unpaired) electrons. The Morgan fingerprint density at radius 1 is 1.40 bits per heavy atom. The monoisotopic (exact) mass is 277 g/mol. The fourth-order valence-corrected chi connectivity index (χ4v) is 2.49. The summed E-state index contributed by atoms with van der Waals surface area (Å²) in [4.78, 5) is 14.1. The Labute approximate surface area is 120 Å². The molecule has 4 heteroatoms. The lowest BCUT2D eigenvalue weighted by Crippen LogP contribution is -2.48. The first-order valence-corrected chi connectivity index (χ1v) is 7.26. The molecule has 1 heterocycles. The van der Waals surface area contributed by atoms with Gasteiger partial charge in [0.05, 0.1) is 12.2 Å². The van der Waals surface area contributed by atoms with Gasteiger partial charge in [0.15, 0.2) is 0 Å². The van der Waals surface area contributed by atoms with Crippen LogP contribution in [0.15, 0.2) is 24.3 Å². The molecule has 0 bridgehead atoms. The minimum Gasteiger partial charge on any atom is -0.494 e. The molecule has 1 fully saturated rings. The van der Waals surface area contributed by atoms with Crippen LogP contribution < -0.4 is 4.74 Å². The third kappa shape index (κ3) is 3.73. The number of carbonyl (C=O) groups is 1. The lowest BCUT2D eigenvalue weighted by Gasteiger charge is -2.36. The smallest absolute Gasteiger partial charge is 0.253 e. The molecular weight excluding hydrogens is 254 g/mol. The van der Waals surface area contributed by atoms with Crippen LogP contribution in [0.1, 0.15) is 43.5 Å². The van der Waals surface area contributed by atoms with E-state index in [-0.39, 0.29) is 5.91 Å². The average molecular weight is 277 g/mol. The van der Waals surface area contributed by atoms with Gasteiger partial charge in [0.1, 0.15) is 5.75 Å². The van der Waals surface area contributed by atoms with E-state index < -0.39 is 5.60 Å². The Kier molecular flexibility index (Phi) is 4.65. The first-order valence-electron chi connectivity index (χ1n) is 7.26. The summed E-state index contributed by atoms with van der Waals surface area (Å²) in [5.41, 5.74) is -0.121. The van der Waals surface area contributed by atoms with Crippen LogP contribution in [-0.4, -0.2) is 41.2 Å². The van der Waals surface area contributed by atoms with Gasteiger partial charge in [0.25, 0.3) is 5.91 Å². The lowest BCUT2D eigenvalue weighted by atomic mass is 9.94. The number of carbonyl (C=O) groups excluding carboxylic acids is 1. The molecule has 4 nitrogen and oxygen atoms in total. The second kappa shape index (κ2) is 6.27. The molecule has 0 aromatic heterocycles. The van der Waals surface area contributed by atoms with Crippen molar-refractivity contribution in [2.75, 3.05) is 19.7 Å². The van der Waals surface area contributed by atoms with Gasteiger partial charge in [-0.3, -0.25) is 4.79 Å². The number of ether oxygens (including phenoxy) is 1. The summed E-state index contributed by atoms with van der Waals surface area (Å²) in [7, 11) is 0. The molecule has 2 rings (SSSR count). The van der Waals surface area contributed by atoms with Crippen LogP contribution in [0, 0.1) is 0 Å². The van der Waals surface area contributed by atoms with E-state index in [9.17, 15) is 9.90 Å². The van der Waals surface area contributed by atoms with E-state index in [0.29, 0.717) is 25.3 Å². The second-order valence-corrected chi connectivity index (χ2v) is 5.70. The Morgan fingerprint density at radius 3 is 2.70 bits per heavy atom. The molecule has 0 aliphatic carbocycles. The van der Waals surface area contributed by atoms with Crippen molar-refractivity contribution in [3.05, 3.63) is 29.8 Å². The fourth-order valence-electron chi connectivity index (χ4n) is 2.49. The number of amides is 1. The van der Waals surface area contributed by atoms with Crippen LogP contribution >= 0.6 is 0 Å². The van der Waals surface area contributed by atoms with Crippen molar-refractivity contribution in [3.8, 4) is 5.75 Å². The molecule has 1 aliphatic heterocycles. The summed E-state index contributed by atoms with van der Waals surface area (Å²) in [6.45, 7) is 5.64. The topological polar surface area (TPSA) is 49.8 Å². The van der Waals surface area contributed by atoms with Crippen LogP contribution in [0.4, 0.5) is 0 Å². The maximum absolute atomic E-state index is 12.4. The normalized spacial score (nSPS) is 22.6. The predicted octanol–water partition coefficient (Wildman–Crippen LogP) is 2.46. The fraction of sp³-hybridized carbons (Fsp3) is 0.562. The highest BCUT2D eigenvalue weighted by Gasteiger charge is 2.31. The Balaban J connectivity index is 2.01. The molecule has 20 heavy (non-hydrogen) atoms. The van der Waals surface area contributed by atoms with Crippen LogP contribution in [0.5, 0.6) is 5.75 Å². The van der Waals surface area contributed by atoms with Gasteiger partial charge < -0.3 is 14.7 Å². The number of nitrogens with zero attached hydrogens (tertiary/aromatic N) is 1. The standard InChI is InChI=1S/C16H23NO3/c1-3-11-20-14-7-5-13(6-8-14)15(18)17-10-4-9-16(2,19)12-17/h5-8,19H,3-4,9-12H2,1-2H3. The summed E-state index contributed by atoms with van der Waals surface area (Å²) in [5, 5.41) is 10.1. The Bertz CT molecular complexity index is 453. The van der Waals surface area contributed by atoms with Crippen LogP contribution in [0.25, 0.3) is 0 Å². The number of benzene rings is 1. The van der Waals surface area contributed by atoms with Gasteiger partial charge >= 0.3 is 0 Å². The molecule has 1 saturated heterocycles. The van der Waals surface area contributed by atoms with E-state index in [1.54, 1.807) is 24.0 Å². The van der Waals surface area contributed by atoms with E-state index >= 15 is 0 Å². The van der Waals surface area contributed by atoms with E-state index in [2.05, 4.69) is 6.92 Å². The molecule has 0 spiro atoms. The minimum atomic E-state index is -0.766. The number of β-amino-alcohol motifs (C(OH)–C–C–N with tert-alkyl or cyclic N) is 1. The highest BCUT2D eigenvalue weighted by atomic mass is 16.5. The number of hydrogen-bond donors (Lipinski definition) is 1. The van der Waals surface area contributed by atoms with Crippen LogP contribution in [0.2, 0.25) is 0 Å². The Morgan fingerprint density at radius 2 is 2.10 bits per heavy atom. The van der Waals surface area contributed by atoms with Crippen LogP contribution in [-0.2, 0) is 0 Å². The highest BCUT2D eigenvalue weighted by molar-refractivity contribution is 5.94. The van der Waals surface area contributed by atoms with E-state index in [1.165, 1.54) is 0 Å². The third-order valence-corrected chi connectivity index (χ3v) is 3.54. The second-order valence-electron chi connectivity index (χ2n) is 5.70. The summed E-state index contributed by atoms with van der Waals surface area (Å²) in [6.07, 6.45) is 2.56. The number of likely N-dealkylation sites (tertiary alicyclic amines) is 1. The van der Waals surface area contributed by atoms with Crippen molar-refractivity contribution >= 4 is 5.91 Å². The third-order valence-electron chi connectivity index (χ3n) is 3.54. The van der Waals surface area contributed by atoms with Crippen molar-refractivity contribution in [2.24, 2.45) is 0 Å². The lowest BCUT2D eigenvalue weighted by molar-refractivity contribution is -0.0107. The predicted molar refractivity (Wildman–Crippen MR) is 78.0 cm³/mol. The number of piperidine rings is 1. The van der Waals surface area contributed by atoms with E-state index in [4.69, 9.17) is 4.74 Å². The van der Waals surface area contributed by atoms with Gasteiger partial charge in [-0.05, 0) is 50.5 Å². The molecule has 1 unspecified atom stereocenters. The molecule has 1 amide bonds. The van der Waals surface area contributed by atoms with E-state index in [1.807, 2.05) is 12.1 Å². The molecule has 0 saturated carbocycles. The highest BCUT2D eigenvalue weighted by Crippen LogP contribution is 2.22. The van der Waals surface area contributed by atoms with Crippen molar-refractivity contribution in [1.82, 2.24) is 4.90 Å². The summed E-state index contributed by atoms with van der Waals surface area (Å²) in [5.74, 6) is 0.765. The molecule has 1 N–H and O–H groups in total. The molecule has 1 aliphatic rings. The quantitative estimate of drug-likeness (QED) is 0.919. The maximum Gasteiger partial charge on any atom is 0.253 e. The number of aliphatic hydroxyl groups is 1. The molecule has 110 valence electrons. The zero-order valence-electron chi connectivity index (χ0n) is 12.3. The van der Waals surface area contributed by atoms with Gasteiger partial charge in [-0.1, -0.05) is 6.92 Å². The molecule has 1 aromatic rings. The SMILES string of the molecule is CCCOc1ccc(C(=O)N2CCCC(C)(O)C2)cc1. The van der Waals surface area contributed by atoms with E-state index in [0.717, 1.165) is 25.0 Å². The van der Waals surface area contributed by atoms with Crippen LogP contribution in [0.3, 0.4) is 0 Å². The first kappa shape index (κ1) is 14.9. The Hall–Kier alpha value is -1.55. The molecular formula is C16H23NO3. The summed E-state index contributed by atoms with van der Waals surface area (Å²) >= 11 is 0. The first-order chi connectivity index (χ1) is 9.52. The zero-order valence-corrected chi connectivity index (χ0v) is 12.3. The van der Waals surface area contributed by atoms with Crippen molar-refractivity contribution in [3.63, 3.8) is 0 Å². The van der Waals surface area contributed by atoms with Gasteiger partial charge in [-0.25, -0.2) is 0 Å². The molecule has 1 aromatic carbocycles. The van der Waals surface area contributed by atoms with Gasteiger partial charge in [0, 0.05) is 18.7 Å².